The Morgan fingerprint density at radius 3 is 1.52 bits per heavy atom. The molecule has 0 spiro atoms. The predicted molar refractivity (Wildman–Crippen MR) is 109 cm³/mol. The summed E-state index contributed by atoms with van der Waals surface area (Å²) in [5.41, 5.74) is 3.78. The Bertz CT molecular complexity index is 1030. The van der Waals surface area contributed by atoms with E-state index >= 15 is 0 Å². The Hall–Kier alpha value is -3.40. The average Bonchev–Trinajstić information content (AvgIpc) is 2.71. The van der Waals surface area contributed by atoms with E-state index < -0.39 is 0 Å². The number of benzene rings is 3. The van der Waals surface area contributed by atoms with E-state index in [2.05, 4.69) is 23.7 Å². The topological polar surface area (TPSA) is 26.3 Å². The third-order valence-corrected chi connectivity index (χ3v) is 4.25. The van der Waals surface area contributed by atoms with Gasteiger partial charge >= 0.3 is 5.97 Å². The summed E-state index contributed by atoms with van der Waals surface area (Å²) in [5, 5.41) is 0. The highest BCUT2D eigenvalue weighted by atomic mass is 32.2. The molecule has 0 amide bonds. The number of carbonyl (C=O) groups is 1. The smallest absolute Gasteiger partial charge is 0.315 e. The van der Waals surface area contributed by atoms with Crippen LogP contribution in [0.15, 0.2) is 83.8 Å². The summed E-state index contributed by atoms with van der Waals surface area (Å²) >= 11 is 1.05. The second-order valence-corrected chi connectivity index (χ2v) is 6.43. The van der Waals surface area contributed by atoms with Crippen LogP contribution in [0, 0.1) is 23.7 Å². The fourth-order valence-electron chi connectivity index (χ4n) is 2.15. The molecule has 0 bridgehead atoms. The first-order chi connectivity index (χ1) is 13.2. The van der Waals surface area contributed by atoms with E-state index in [1.165, 1.54) is 6.92 Å². The second-order valence-electron chi connectivity index (χ2n) is 5.63. The molecule has 3 aromatic carbocycles. The van der Waals surface area contributed by atoms with Crippen LogP contribution in [0.2, 0.25) is 0 Å². The lowest BCUT2D eigenvalue weighted by molar-refractivity contribution is -0.130. The summed E-state index contributed by atoms with van der Waals surface area (Å²) < 4.78 is 4.89. The zero-order valence-electron chi connectivity index (χ0n) is 14.7. The molecule has 0 N–H and O–H groups in total. The van der Waals surface area contributed by atoms with Gasteiger partial charge in [-0.05, 0) is 60.7 Å². The molecule has 3 rings (SSSR count). The van der Waals surface area contributed by atoms with Gasteiger partial charge < -0.3 is 4.18 Å². The van der Waals surface area contributed by atoms with Gasteiger partial charge in [-0.1, -0.05) is 41.9 Å². The van der Waals surface area contributed by atoms with Crippen molar-refractivity contribution in [2.24, 2.45) is 0 Å². The molecule has 0 unspecified atom stereocenters. The molecule has 0 fully saturated rings. The highest BCUT2D eigenvalue weighted by molar-refractivity contribution is 7.95. The quantitative estimate of drug-likeness (QED) is 0.467. The van der Waals surface area contributed by atoms with Crippen molar-refractivity contribution in [2.75, 3.05) is 0 Å². The lowest BCUT2D eigenvalue weighted by atomic mass is 10.1. The summed E-state index contributed by atoms with van der Waals surface area (Å²) in [5.74, 6) is 12.2. The minimum atomic E-state index is -0.319. The third kappa shape index (κ3) is 6.12. The SMILES string of the molecule is CC(=O)OSc1ccc(C#Cc2ccc(C#Cc3ccccc3)cc2)cc1. The summed E-state index contributed by atoms with van der Waals surface area (Å²) in [7, 11) is 0. The average molecular weight is 368 g/mol. The summed E-state index contributed by atoms with van der Waals surface area (Å²) in [6, 6.07) is 25.3. The Morgan fingerprint density at radius 1 is 0.667 bits per heavy atom. The highest BCUT2D eigenvalue weighted by Crippen LogP contribution is 2.19. The van der Waals surface area contributed by atoms with Crippen LogP contribution >= 0.6 is 12.0 Å². The Kier molecular flexibility index (Phi) is 6.36. The van der Waals surface area contributed by atoms with Crippen LogP contribution in [-0.2, 0) is 8.98 Å². The van der Waals surface area contributed by atoms with Crippen molar-refractivity contribution in [3.8, 4) is 23.7 Å². The molecule has 27 heavy (non-hydrogen) atoms. The Labute approximate surface area is 163 Å². The maximum Gasteiger partial charge on any atom is 0.315 e. The van der Waals surface area contributed by atoms with Crippen molar-refractivity contribution in [1.29, 1.82) is 0 Å². The number of hydrogen-bond acceptors (Lipinski definition) is 3. The van der Waals surface area contributed by atoms with Crippen LogP contribution in [0.1, 0.15) is 29.2 Å². The maximum atomic E-state index is 10.8. The molecule has 0 aliphatic heterocycles. The molecule has 0 saturated heterocycles. The van der Waals surface area contributed by atoms with Gasteiger partial charge in [0.05, 0.1) is 12.0 Å². The maximum absolute atomic E-state index is 10.8. The van der Waals surface area contributed by atoms with E-state index in [4.69, 9.17) is 4.18 Å². The van der Waals surface area contributed by atoms with E-state index in [1.54, 1.807) is 0 Å². The molecule has 0 aromatic heterocycles. The van der Waals surface area contributed by atoms with Gasteiger partial charge in [0.25, 0.3) is 0 Å². The van der Waals surface area contributed by atoms with E-state index in [0.717, 1.165) is 39.2 Å². The second kappa shape index (κ2) is 9.34. The molecular formula is C24H16O2S. The largest absolute Gasteiger partial charge is 0.386 e. The van der Waals surface area contributed by atoms with Crippen LogP contribution in [-0.4, -0.2) is 5.97 Å². The fraction of sp³-hybridized carbons (Fsp3) is 0.0417. The van der Waals surface area contributed by atoms with Crippen LogP contribution in [0.3, 0.4) is 0 Å². The van der Waals surface area contributed by atoms with Gasteiger partial charge in [-0.3, -0.25) is 4.79 Å². The number of hydrogen-bond donors (Lipinski definition) is 0. The van der Waals surface area contributed by atoms with Gasteiger partial charge in [0.15, 0.2) is 0 Å². The standard InChI is InChI=1S/C24H16O2S/c1-19(25)26-27-24-17-15-23(16-18-24)14-13-22-11-9-21(10-12-22)8-7-20-5-3-2-4-6-20/h2-6,9-12,15-18H,1H3. The Morgan fingerprint density at radius 2 is 1.07 bits per heavy atom. The molecule has 3 heteroatoms. The first-order valence-corrected chi connectivity index (χ1v) is 9.07. The van der Waals surface area contributed by atoms with Crippen molar-refractivity contribution in [1.82, 2.24) is 0 Å². The predicted octanol–water partition coefficient (Wildman–Crippen LogP) is 5.06. The minimum Gasteiger partial charge on any atom is -0.386 e. The van der Waals surface area contributed by atoms with E-state index in [9.17, 15) is 4.79 Å². The summed E-state index contributed by atoms with van der Waals surface area (Å²) in [6.07, 6.45) is 0. The van der Waals surface area contributed by atoms with Gasteiger partial charge in [0.2, 0.25) is 0 Å². The molecule has 0 heterocycles. The molecule has 0 aliphatic carbocycles. The molecule has 0 radical (unpaired) electrons. The normalized spacial score (nSPS) is 9.37. The van der Waals surface area contributed by atoms with Gasteiger partial charge in [-0.2, -0.15) is 0 Å². The van der Waals surface area contributed by atoms with E-state index in [-0.39, 0.29) is 5.97 Å². The molecule has 0 atom stereocenters. The lowest BCUT2D eigenvalue weighted by Crippen LogP contribution is -1.88. The van der Waals surface area contributed by atoms with Crippen LogP contribution in [0.25, 0.3) is 0 Å². The first kappa shape index (κ1) is 18.4. The summed E-state index contributed by atoms with van der Waals surface area (Å²) in [4.78, 5) is 11.7. The van der Waals surface area contributed by atoms with Crippen molar-refractivity contribution < 1.29 is 8.98 Å². The van der Waals surface area contributed by atoms with Gasteiger partial charge in [0, 0.05) is 34.1 Å². The fourth-order valence-corrected chi connectivity index (χ4v) is 2.61. The summed E-state index contributed by atoms with van der Waals surface area (Å²) in [6.45, 7) is 1.38. The van der Waals surface area contributed by atoms with E-state index in [0.29, 0.717) is 0 Å². The Balaban J connectivity index is 1.64. The lowest BCUT2D eigenvalue weighted by Gasteiger charge is -1.99. The third-order valence-electron chi connectivity index (χ3n) is 3.47. The van der Waals surface area contributed by atoms with Crippen LogP contribution in [0.5, 0.6) is 0 Å². The molecule has 130 valence electrons. The van der Waals surface area contributed by atoms with Crippen molar-refractivity contribution in [3.05, 3.63) is 101 Å². The van der Waals surface area contributed by atoms with Crippen LogP contribution < -0.4 is 0 Å². The minimum absolute atomic E-state index is 0.319. The van der Waals surface area contributed by atoms with Crippen LogP contribution in [0.4, 0.5) is 0 Å². The van der Waals surface area contributed by atoms with Crippen molar-refractivity contribution in [3.63, 3.8) is 0 Å². The molecule has 3 aromatic rings. The number of carbonyl (C=O) groups excluding carboxylic acids is 1. The zero-order valence-corrected chi connectivity index (χ0v) is 15.5. The zero-order chi connectivity index (χ0) is 18.9. The molecule has 0 aliphatic rings. The van der Waals surface area contributed by atoms with Gasteiger partial charge in [0.1, 0.15) is 0 Å². The van der Waals surface area contributed by atoms with Crippen molar-refractivity contribution >= 4 is 18.0 Å². The number of rotatable bonds is 2. The van der Waals surface area contributed by atoms with Gasteiger partial charge in [-0.25, -0.2) is 0 Å². The first-order valence-electron chi connectivity index (χ1n) is 8.33. The molecule has 2 nitrogen and oxygen atoms in total. The highest BCUT2D eigenvalue weighted by Gasteiger charge is 1.98. The van der Waals surface area contributed by atoms with Crippen molar-refractivity contribution in [2.45, 2.75) is 11.8 Å². The molecule has 0 saturated carbocycles. The van der Waals surface area contributed by atoms with E-state index in [1.807, 2.05) is 78.9 Å². The molecular weight excluding hydrogens is 352 g/mol. The van der Waals surface area contributed by atoms with Gasteiger partial charge in [-0.15, -0.1) is 0 Å². The monoisotopic (exact) mass is 368 g/mol.